The number of amides is 1. The predicted octanol–water partition coefficient (Wildman–Crippen LogP) is 0.171. The van der Waals surface area contributed by atoms with Crippen molar-refractivity contribution in [2.24, 2.45) is 0 Å². The number of aromatic nitrogens is 1. The average molecular weight is 281 g/mol. The molecule has 4 N–H and O–H groups in total. The number of nitrogens with one attached hydrogen (secondary N) is 2. The van der Waals surface area contributed by atoms with Crippen LogP contribution < -0.4 is 10.6 Å². The molecule has 1 aromatic heterocycles. The molecule has 0 unspecified atom stereocenters. The van der Waals surface area contributed by atoms with Crippen molar-refractivity contribution in [1.82, 2.24) is 10.3 Å². The number of carbonyl (C=O) groups is 3. The lowest BCUT2D eigenvalue weighted by molar-refractivity contribution is -0.140. The summed E-state index contributed by atoms with van der Waals surface area (Å²) in [6.45, 7) is 0. The molecule has 0 saturated heterocycles. The van der Waals surface area contributed by atoms with Crippen LogP contribution in [-0.4, -0.2) is 46.1 Å². The molecule has 1 rings (SSSR count). The minimum Gasteiger partial charge on any atom is -0.481 e. The SMILES string of the molecule is CNc1ccc(C(=O)N[C@@H](CCC(=O)O)C(=O)O)cn1. The van der Waals surface area contributed by atoms with Crippen LogP contribution in [-0.2, 0) is 9.59 Å². The van der Waals surface area contributed by atoms with Gasteiger partial charge in [0.2, 0.25) is 0 Å². The van der Waals surface area contributed by atoms with E-state index in [-0.39, 0.29) is 18.4 Å². The zero-order chi connectivity index (χ0) is 15.1. The van der Waals surface area contributed by atoms with E-state index in [2.05, 4.69) is 15.6 Å². The van der Waals surface area contributed by atoms with Gasteiger partial charge in [0, 0.05) is 19.7 Å². The first-order valence-corrected chi connectivity index (χ1v) is 5.83. The maximum atomic E-state index is 11.8. The van der Waals surface area contributed by atoms with Gasteiger partial charge in [-0.15, -0.1) is 0 Å². The van der Waals surface area contributed by atoms with E-state index in [0.717, 1.165) is 0 Å². The molecule has 0 saturated carbocycles. The highest BCUT2D eigenvalue weighted by atomic mass is 16.4. The number of aliphatic carboxylic acids is 2. The standard InChI is InChI=1S/C12H15N3O5/c1-13-9-4-2-7(6-14-9)11(18)15-8(12(19)20)3-5-10(16)17/h2,4,6,8H,3,5H2,1H3,(H,13,14)(H,15,18)(H,16,17)(H,19,20)/t8-/m0/s1. The summed E-state index contributed by atoms with van der Waals surface area (Å²) in [5.41, 5.74) is 0.200. The van der Waals surface area contributed by atoms with Crippen molar-refractivity contribution < 1.29 is 24.6 Å². The van der Waals surface area contributed by atoms with Gasteiger partial charge in [-0.2, -0.15) is 0 Å². The quantitative estimate of drug-likeness (QED) is 0.560. The smallest absolute Gasteiger partial charge is 0.326 e. The molecule has 1 amide bonds. The highest BCUT2D eigenvalue weighted by Crippen LogP contribution is 2.05. The summed E-state index contributed by atoms with van der Waals surface area (Å²) in [6, 6.07) is 1.81. The van der Waals surface area contributed by atoms with Crippen LogP contribution in [0.25, 0.3) is 0 Å². The van der Waals surface area contributed by atoms with E-state index in [1.807, 2.05) is 0 Å². The highest BCUT2D eigenvalue weighted by molar-refractivity contribution is 5.96. The Hall–Kier alpha value is -2.64. The van der Waals surface area contributed by atoms with E-state index in [0.29, 0.717) is 5.82 Å². The zero-order valence-electron chi connectivity index (χ0n) is 10.8. The Kier molecular flexibility index (Phi) is 5.45. The first kappa shape index (κ1) is 15.4. The highest BCUT2D eigenvalue weighted by Gasteiger charge is 2.21. The molecule has 0 aliphatic heterocycles. The first-order chi connectivity index (χ1) is 9.43. The lowest BCUT2D eigenvalue weighted by atomic mass is 10.1. The third-order valence-corrected chi connectivity index (χ3v) is 2.53. The van der Waals surface area contributed by atoms with Crippen molar-refractivity contribution in [3.63, 3.8) is 0 Å². The molecular formula is C12H15N3O5. The van der Waals surface area contributed by atoms with Gasteiger partial charge in [-0.25, -0.2) is 9.78 Å². The molecule has 0 fully saturated rings. The number of hydrogen-bond donors (Lipinski definition) is 4. The van der Waals surface area contributed by atoms with E-state index < -0.39 is 23.9 Å². The summed E-state index contributed by atoms with van der Waals surface area (Å²) in [6.07, 6.45) is 0.782. The number of anilines is 1. The molecule has 1 atom stereocenters. The van der Waals surface area contributed by atoms with Crippen molar-refractivity contribution >= 4 is 23.7 Å². The van der Waals surface area contributed by atoms with E-state index in [1.165, 1.54) is 12.3 Å². The molecule has 0 bridgehead atoms. The summed E-state index contributed by atoms with van der Waals surface area (Å²) in [5.74, 6) is -2.44. The molecule has 20 heavy (non-hydrogen) atoms. The summed E-state index contributed by atoms with van der Waals surface area (Å²) in [5, 5.41) is 22.5. The molecule has 0 radical (unpaired) electrons. The number of carboxylic acid groups (broad SMARTS) is 2. The van der Waals surface area contributed by atoms with E-state index in [1.54, 1.807) is 13.1 Å². The lowest BCUT2D eigenvalue weighted by Gasteiger charge is -2.13. The van der Waals surface area contributed by atoms with E-state index in [9.17, 15) is 14.4 Å². The van der Waals surface area contributed by atoms with E-state index in [4.69, 9.17) is 10.2 Å². The van der Waals surface area contributed by atoms with Crippen LogP contribution in [0.3, 0.4) is 0 Å². The van der Waals surface area contributed by atoms with Gasteiger partial charge in [-0.3, -0.25) is 9.59 Å². The third-order valence-electron chi connectivity index (χ3n) is 2.53. The molecule has 0 aliphatic carbocycles. The number of pyridine rings is 1. The third kappa shape index (κ3) is 4.56. The summed E-state index contributed by atoms with van der Waals surface area (Å²) in [7, 11) is 1.68. The second-order valence-electron chi connectivity index (χ2n) is 3.98. The number of carbonyl (C=O) groups excluding carboxylic acids is 1. The monoisotopic (exact) mass is 281 g/mol. The van der Waals surface area contributed by atoms with Gasteiger partial charge in [0.1, 0.15) is 11.9 Å². The minimum absolute atomic E-state index is 0.182. The molecule has 0 aromatic carbocycles. The Bertz CT molecular complexity index is 500. The fourth-order valence-electron chi connectivity index (χ4n) is 1.44. The lowest BCUT2D eigenvalue weighted by Crippen LogP contribution is -2.41. The molecule has 8 heteroatoms. The number of hydrogen-bond acceptors (Lipinski definition) is 5. The Morgan fingerprint density at radius 3 is 2.45 bits per heavy atom. The fraction of sp³-hybridized carbons (Fsp3) is 0.333. The largest absolute Gasteiger partial charge is 0.481 e. The Balaban J connectivity index is 2.69. The molecule has 0 aliphatic rings. The predicted molar refractivity (Wildman–Crippen MR) is 69.5 cm³/mol. The van der Waals surface area contributed by atoms with E-state index >= 15 is 0 Å². The van der Waals surface area contributed by atoms with Crippen LogP contribution in [0.4, 0.5) is 5.82 Å². The van der Waals surface area contributed by atoms with Gasteiger partial charge in [-0.05, 0) is 18.6 Å². The maximum Gasteiger partial charge on any atom is 0.326 e. The van der Waals surface area contributed by atoms with Gasteiger partial charge < -0.3 is 20.8 Å². The first-order valence-electron chi connectivity index (χ1n) is 5.83. The van der Waals surface area contributed by atoms with Crippen molar-refractivity contribution in [1.29, 1.82) is 0 Å². The molecular weight excluding hydrogens is 266 g/mol. The molecule has 0 spiro atoms. The van der Waals surface area contributed by atoms with Gasteiger partial charge in [0.25, 0.3) is 5.91 Å². The van der Waals surface area contributed by atoms with Gasteiger partial charge >= 0.3 is 11.9 Å². The second-order valence-corrected chi connectivity index (χ2v) is 3.98. The summed E-state index contributed by atoms with van der Waals surface area (Å²) < 4.78 is 0. The van der Waals surface area contributed by atoms with Gasteiger partial charge in [0.15, 0.2) is 0 Å². The van der Waals surface area contributed by atoms with Crippen molar-refractivity contribution in [2.45, 2.75) is 18.9 Å². The molecule has 1 heterocycles. The molecule has 108 valence electrons. The van der Waals surface area contributed by atoms with Crippen molar-refractivity contribution in [3.05, 3.63) is 23.9 Å². The van der Waals surface area contributed by atoms with Crippen LogP contribution in [0.1, 0.15) is 23.2 Å². The van der Waals surface area contributed by atoms with Crippen LogP contribution in [0.5, 0.6) is 0 Å². The van der Waals surface area contributed by atoms with Crippen LogP contribution >= 0.6 is 0 Å². The van der Waals surface area contributed by atoms with Gasteiger partial charge in [0.05, 0.1) is 5.56 Å². The second kappa shape index (κ2) is 7.07. The topological polar surface area (TPSA) is 129 Å². The van der Waals surface area contributed by atoms with Crippen molar-refractivity contribution in [3.8, 4) is 0 Å². The summed E-state index contributed by atoms with van der Waals surface area (Å²) in [4.78, 5) is 37.1. The Morgan fingerprint density at radius 1 is 1.30 bits per heavy atom. The normalized spacial score (nSPS) is 11.4. The fourth-order valence-corrected chi connectivity index (χ4v) is 1.44. The number of rotatable bonds is 7. The Morgan fingerprint density at radius 2 is 2.00 bits per heavy atom. The zero-order valence-corrected chi connectivity index (χ0v) is 10.8. The molecule has 8 nitrogen and oxygen atoms in total. The van der Waals surface area contributed by atoms with Crippen LogP contribution in [0, 0.1) is 0 Å². The maximum absolute atomic E-state index is 11.8. The van der Waals surface area contributed by atoms with Gasteiger partial charge in [-0.1, -0.05) is 0 Å². The molecule has 1 aromatic rings. The average Bonchev–Trinajstić information content (AvgIpc) is 2.42. The Labute approximate surface area is 114 Å². The van der Waals surface area contributed by atoms with Crippen molar-refractivity contribution in [2.75, 3.05) is 12.4 Å². The van der Waals surface area contributed by atoms with Crippen LogP contribution in [0.15, 0.2) is 18.3 Å². The minimum atomic E-state index is -1.28. The number of carboxylic acids is 2. The number of nitrogens with zero attached hydrogens (tertiary/aromatic N) is 1. The van der Waals surface area contributed by atoms with Crippen LogP contribution in [0.2, 0.25) is 0 Å². The summed E-state index contributed by atoms with van der Waals surface area (Å²) >= 11 is 0.